The van der Waals surface area contributed by atoms with Crippen molar-refractivity contribution in [3.8, 4) is 5.75 Å². The van der Waals surface area contributed by atoms with Crippen LogP contribution < -0.4 is 15.4 Å². The predicted octanol–water partition coefficient (Wildman–Crippen LogP) is 4.17. The second-order valence-corrected chi connectivity index (χ2v) is 5.81. The summed E-state index contributed by atoms with van der Waals surface area (Å²) < 4.78 is 29.7. The number of hydrogen-bond acceptors (Lipinski definition) is 3. The molecule has 1 heterocycles. The summed E-state index contributed by atoms with van der Waals surface area (Å²) in [5.41, 5.74) is 3.58. The minimum atomic E-state index is -2.86. The highest BCUT2D eigenvalue weighted by atomic mass is 127. The van der Waals surface area contributed by atoms with Crippen LogP contribution in [0.3, 0.4) is 0 Å². The molecule has 0 amide bonds. The Hall–Kier alpha value is -1.97. The Balaban J connectivity index is 0.00000364. The molecule has 0 aliphatic heterocycles. The molecule has 148 valence electrons. The van der Waals surface area contributed by atoms with E-state index in [1.54, 1.807) is 24.4 Å². The summed E-state index contributed by atoms with van der Waals surface area (Å²) in [6.07, 6.45) is 1.74. The van der Waals surface area contributed by atoms with Crippen molar-refractivity contribution in [3.63, 3.8) is 0 Å². The standard InChI is InChI=1S/C19H24F2N4O.HI/c1-4-22-19(25-12-16-14(3)6-5-9-23-16)24-11-15-10-13(2)7-8-17(15)26-18(20)21;/h5-10,18H,4,11-12H2,1-3H3,(H2,22,24,25);1H. The van der Waals surface area contributed by atoms with Crippen molar-refractivity contribution in [2.24, 2.45) is 4.99 Å². The Morgan fingerprint density at radius 3 is 2.67 bits per heavy atom. The van der Waals surface area contributed by atoms with E-state index in [0.29, 0.717) is 24.6 Å². The zero-order chi connectivity index (χ0) is 18.9. The van der Waals surface area contributed by atoms with Gasteiger partial charge in [-0.05, 0) is 38.5 Å². The molecule has 2 aromatic rings. The number of aromatic nitrogens is 1. The topological polar surface area (TPSA) is 58.5 Å². The van der Waals surface area contributed by atoms with Crippen LogP contribution in [0.25, 0.3) is 0 Å². The van der Waals surface area contributed by atoms with E-state index >= 15 is 0 Å². The first-order chi connectivity index (χ1) is 12.5. The number of alkyl halides is 2. The van der Waals surface area contributed by atoms with Crippen molar-refractivity contribution < 1.29 is 13.5 Å². The molecule has 5 nitrogen and oxygen atoms in total. The maximum Gasteiger partial charge on any atom is 0.387 e. The van der Waals surface area contributed by atoms with E-state index in [9.17, 15) is 8.78 Å². The quantitative estimate of drug-likeness (QED) is 0.348. The van der Waals surface area contributed by atoms with Gasteiger partial charge < -0.3 is 15.4 Å². The minimum Gasteiger partial charge on any atom is -0.434 e. The molecule has 0 aliphatic rings. The van der Waals surface area contributed by atoms with E-state index in [-0.39, 0.29) is 36.3 Å². The number of rotatable bonds is 7. The van der Waals surface area contributed by atoms with Gasteiger partial charge in [-0.25, -0.2) is 4.99 Å². The summed E-state index contributed by atoms with van der Waals surface area (Å²) in [6.45, 7) is 4.41. The highest BCUT2D eigenvalue weighted by molar-refractivity contribution is 14.0. The molecule has 1 aromatic heterocycles. The van der Waals surface area contributed by atoms with Gasteiger partial charge in [-0.2, -0.15) is 8.78 Å². The molecule has 2 rings (SSSR count). The fraction of sp³-hybridized carbons (Fsp3) is 0.368. The first kappa shape index (κ1) is 23.1. The maximum atomic E-state index is 12.6. The molecule has 0 unspecified atom stereocenters. The lowest BCUT2D eigenvalue weighted by Gasteiger charge is -2.13. The van der Waals surface area contributed by atoms with Gasteiger partial charge in [0.25, 0.3) is 0 Å². The first-order valence-electron chi connectivity index (χ1n) is 8.46. The van der Waals surface area contributed by atoms with Crippen molar-refractivity contribution >= 4 is 29.9 Å². The van der Waals surface area contributed by atoms with Crippen molar-refractivity contribution in [1.82, 2.24) is 15.6 Å². The Kier molecular flexibility index (Phi) is 9.98. The van der Waals surface area contributed by atoms with E-state index in [1.165, 1.54) is 0 Å². The van der Waals surface area contributed by atoms with Crippen LogP contribution in [-0.4, -0.2) is 24.1 Å². The molecule has 0 atom stereocenters. The number of ether oxygens (including phenoxy) is 1. The molecule has 0 radical (unpaired) electrons. The van der Waals surface area contributed by atoms with Crippen LogP contribution in [0.15, 0.2) is 41.5 Å². The number of nitrogens with zero attached hydrogens (tertiary/aromatic N) is 2. The normalized spacial score (nSPS) is 11.1. The summed E-state index contributed by atoms with van der Waals surface area (Å²) in [7, 11) is 0. The molecular formula is C19H25F2IN4O. The summed E-state index contributed by atoms with van der Waals surface area (Å²) in [5, 5.41) is 6.35. The number of halogens is 3. The van der Waals surface area contributed by atoms with Crippen molar-refractivity contribution in [2.75, 3.05) is 6.54 Å². The third-order valence-corrected chi connectivity index (χ3v) is 3.72. The number of aliphatic imine (C=N–C) groups is 1. The number of hydrogen-bond donors (Lipinski definition) is 2. The SMILES string of the molecule is CCNC(=NCc1cc(C)ccc1OC(F)F)NCc1ncccc1C.I. The van der Waals surface area contributed by atoms with Gasteiger partial charge in [-0.1, -0.05) is 23.8 Å². The Labute approximate surface area is 175 Å². The van der Waals surface area contributed by atoms with Crippen LogP contribution >= 0.6 is 24.0 Å². The van der Waals surface area contributed by atoms with Crippen LogP contribution in [0.5, 0.6) is 5.75 Å². The average molecular weight is 490 g/mol. The van der Waals surface area contributed by atoms with Crippen molar-refractivity contribution in [3.05, 3.63) is 58.9 Å². The van der Waals surface area contributed by atoms with Gasteiger partial charge in [-0.15, -0.1) is 24.0 Å². The molecule has 2 N–H and O–H groups in total. The van der Waals surface area contributed by atoms with Crippen LogP contribution in [0.2, 0.25) is 0 Å². The molecule has 8 heteroatoms. The number of benzene rings is 1. The summed E-state index contributed by atoms with van der Waals surface area (Å²) in [6, 6.07) is 8.96. The van der Waals surface area contributed by atoms with Crippen LogP contribution in [-0.2, 0) is 13.1 Å². The van der Waals surface area contributed by atoms with Gasteiger partial charge in [0.1, 0.15) is 5.75 Å². The van der Waals surface area contributed by atoms with Gasteiger partial charge in [0.15, 0.2) is 5.96 Å². The summed E-state index contributed by atoms with van der Waals surface area (Å²) in [5.74, 6) is 0.729. The smallest absolute Gasteiger partial charge is 0.387 e. The third-order valence-electron chi connectivity index (χ3n) is 3.72. The van der Waals surface area contributed by atoms with Crippen molar-refractivity contribution in [2.45, 2.75) is 40.5 Å². The minimum absolute atomic E-state index is 0. The van der Waals surface area contributed by atoms with E-state index in [1.807, 2.05) is 32.9 Å². The van der Waals surface area contributed by atoms with Crippen LogP contribution in [0.4, 0.5) is 8.78 Å². The molecular weight excluding hydrogens is 465 g/mol. The Morgan fingerprint density at radius 2 is 2.00 bits per heavy atom. The fourth-order valence-electron chi connectivity index (χ4n) is 2.42. The lowest BCUT2D eigenvalue weighted by atomic mass is 10.1. The number of nitrogens with one attached hydrogen (secondary N) is 2. The zero-order valence-electron chi connectivity index (χ0n) is 15.6. The van der Waals surface area contributed by atoms with E-state index in [2.05, 4.69) is 25.3 Å². The molecule has 0 saturated heterocycles. The van der Waals surface area contributed by atoms with Gasteiger partial charge in [-0.3, -0.25) is 4.98 Å². The van der Waals surface area contributed by atoms with E-state index < -0.39 is 6.61 Å². The molecule has 1 aromatic carbocycles. The number of pyridine rings is 1. The highest BCUT2D eigenvalue weighted by Gasteiger charge is 2.10. The van der Waals surface area contributed by atoms with Gasteiger partial charge in [0.05, 0.1) is 18.8 Å². The monoisotopic (exact) mass is 490 g/mol. The van der Waals surface area contributed by atoms with Crippen molar-refractivity contribution in [1.29, 1.82) is 0 Å². The molecule has 0 saturated carbocycles. The molecule has 0 bridgehead atoms. The molecule has 27 heavy (non-hydrogen) atoms. The number of aryl methyl sites for hydroxylation is 2. The second kappa shape index (κ2) is 11.7. The van der Waals surface area contributed by atoms with Gasteiger partial charge >= 0.3 is 6.61 Å². The fourth-order valence-corrected chi connectivity index (χ4v) is 2.42. The van der Waals surface area contributed by atoms with Crippen LogP contribution in [0, 0.1) is 13.8 Å². The maximum absolute atomic E-state index is 12.6. The average Bonchev–Trinajstić information content (AvgIpc) is 2.60. The lowest BCUT2D eigenvalue weighted by Crippen LogP contribution is -2.37. The number of guanidine groups is 1. The Bertz CT molecular complexity index is 756. The molecule has 0 spiro atoms. The predicted molar refractivity (Wildman–Crippen MR) is 114 cm³/mol. The third kappa shape index (κ3) is 7.66. The summed E-state index contributed by atoms with van der Waals surface area (Å²) >= 11 is 0. The first-order valence-corrected chi connectivity index (χ1v) is 8.46. The largest absolute Gasteiger partial charge is 0.434 e. The molecule has 0 aliphatic carbocycles. The van der Waals surface area contributed by atoms with Gasteiger partial charge in [0, 0.05) is 18.3 Å². The van der Waals surface area contributed by atoms with E-state index in [4.69, 9.17) is 0 Å². The molecule has 0 fully saturated rings. The summed E-state index contributed by atoms with van der Waals surface area (Å²) in [4.78, 5) is 8.82. The highest BCUT2D eigenvalue weighted by Crippen LogP contribution is 2.22. The van der Waals surface area contributed by atoms with Gasteiger partial charge in [0.2, 0.25) is 0 Å². The second-order valence-electron chi connectivity index (χ2n) is 5.81. The van der Waals surface area contributed by atoms with E-state index in [0.717, 1.165) is 16.8 Å². The Morgan fingerprint density at radius 1 is 1.22 bits per heavy atom. The van der Waals surface area contributed by atoms with Crippen LogP contribution in [0.1, 0.15) is 29.3 Å². The lowest BCUT2D eigenvalue weighted by molar-refractivity contribution is -0.0504. The zero-order valence-corrected chi connectivity index (χ0v) is 18.0.